The Labute approximate surface area is 101 Å². The molecule has 0 nitrogen and oxygen atoms in total. The van der Waals surface area contributed by atoms with Crippen LogP contribution in [0.5, 0.6) is 0 Å². The molecule has 0 heteroatoms. The molecular weight excluding hydrogens is 192 g/mol. The summed E-state index contributed by atoms with van der Waals surface area (Å²) >= 11 is 0. The van der Waals surface area contributed by atoms with Crippen LogP contribution in [0.1, 0.15) is 59.8 Å². The Hall–Kier alpha value is -0.520. The maximum absolute atomic E-state index is 2.54. The Morgan fingerprint density at radius 3 is 2.88 bits per heavy atom. The van der Waals surface area contributed by atoms with Crippen LogP contribution in [-0.4, -0.2) is 0 Å². The van der Waals surface area contributed by atoms with E-state index < -0.39 is 0 Å². The highest BCUT2D eigenvalue weighted by Gasteiger charge is 2.41. The van der Waals surface area contributed by atoms with E-state index in [0.29, 0.717) is 5.41 Å². The molecule has 0 bridgehead atoms. The summed E-state index contributed by atoms with van der Waals surface area (Å²) in [6, 6.07) is 0. The van der Waals surface area contributed by atoms with Gasteiger partial charge in [-0.05, 0) is 63.2 Å². The van der Waals surface area contributed by atoms with Gasteiger partial charge in [-0.15, -0.1) is 0 Å². The van der Waals surface area contributed by atoms with Crippen molar-refractivity contribution in [1.82, 2.24) is 0 Å². The van der Waals surface area contributed by atoms with Gasteiger partial charge in [-0.3, -0.25) is 0 Å². The summed E-state index contributed by atoms with van der Waals surface area (Å²) in [6.45, 7) is 9.47. The minimum Gasteiger partial charge on any atom is -0.0885 e. The molecule has 2 aliphatic carbocycles. The first-order chi connectivity index (χ1) is 7.58. The van der Waals surface area contributed by atoms with E-state index >= 15 is 0 Å². The zero-order valence-electron chi connectivity index (χ0n) is 11.3. The molecule has 0 unspecified atom stereocenters. The van der Waals surface area contributed by atoms with Gasteiger partial charge in [0.15, 0.2) is 0 Å². The van der Waals surface area contributed by atoms with E-state index in [1.807, 2.05) is 0 Å². The van der Waals surface area contributed by atoms with Crippen molar-refractivity contribution in [3.63, 3.8) is 0 Å². The smallest absolute Gasteiger partial charge is 0.00850 e. The molecule has 0 aromatic carbocycles. The molecule has 0 aromatic heterocycles. The molecular formula is C16H26. The SMILES string of the molecule is C/C=C(\C)[C@@H]1CCC2=CCC[C@@H](C)[C@]2(C)C1. The van der Waals surface area contributed by atoms with E-state index in [1.54, 1.807) is 11.1 Å². The van der Waals surface area contributed by atoms with Gasteiger partial charge in [0.05, 0.1) is 0 Å². The van der Waals surface area contributed by atoms with Crippen molar-refractivity contribution in [2.75, 3.05) is 0 Å². The van der Waals surface area contributed by atoms with Gasteiger partial charge in [-0.2, -0.15) is 0 Å². The number of allylic oxidation sites excluding steroid dienone is 4. The predicted molar refractivity (Wildman–Crippen MR) is 71.4 cm³/mol. The summed E-state index contributed by atoms with van der Waals surface area (Å²) in [5.41, 5.74) is 3.88. The topological polar surface area (TPSA) is 0 Å². The van der Waals surface area contributed by atoms with E-state index in [4.69, 9.17) is 0 Å². The summed E-state index contributed by atoms with van der Waals surface area (Å²) in [4.78, 5) is 0. The first-order valence-corrected chi connectivity index (χ1v) is 6.90. The van der Waals surface area contributed by atoms with Gasteiger partial charge in [-0.1, -0.05) is 37.1 Å². The number of fused-ring (bicyclic) bond motifs is 1. The fourth-order valence-corrected chi connectivity index (χ4v) is 3.66. The molecule has 2 aliphatic rings. The third kappa shape index (κ3) is 1.87. The van der Waals surface area contributed by atoms with Gasteiger partial charge in [0.1, 0.15) is 0 Å². The second-order valence-electron chi connectivity index (χ2n) is 6.10. The molecule has 0 spiro atoms. The van der Waals surface area contributed by atoms with Crippen LogP contribution in [-0.2, 0) is 0 Å². The summed E-state index contributed by atoms with van der Waals surface area (Å²) < 4.78 is 0. The van der Waals surface area contributed by atoms with Gasteiger partial charge >= 0.3 is 0 Å². The average molecular weight is 218 g/mol. The number of hydrogen-bond acceptors (Lipinski definition) is 0. The van der Waals surface area contributed by atoms with Crippen LogP contribution in [0.3, 0.4) is 0 Å². The van der Waals surface area contributed by atoms with Crippen molar-refractivity contribution in [1.29, 1.82) is 0 Å². The molecule has 1 saturated carbocycles. The highest BCUT2D eigenvalue weighted by Crippen LogP contribution is 2.53. The standard InChI is InChI=1S/C16H26/c1-5-12(2)14-9-10-15-8-6-7-13(3)16(15,4)11-14/h5,8,13-14H,6-7,9-11H2,1-4H3/b12-5+/t13-,14-,16+/m1/s1. The van der Waals surface area contributed by atoms with E-state index in [9.17, 15) is 0 Å². The van der Waals surface area contributed by atoms with Gasteiger partial charge in [0.2, 0.25) is 0 Å². The van der Waals surface area contributed by atoms with Crippen molar-refractivity contribution in [3.05, 3.63) is 23.3 Å². The van der Waals surface area contributed by atoms with Crippen molar-refractivity contribution >= 4 is 0 Å². The van der Waals surface area contributed by atoms with Crippen LogP contribution < -0.4 is 0 Å². The Balaban J connectivity index is 2.22. The van der Waals surface area contributed by atoms with Crippen molar-refractivity contribution in [2.24, 2.45) is 17.3 Å². The number of hydrogen-bond donors (Lipinski definition) is 0. The second-order valence-corrected chi connectivity index (χ2v) is 6.10. The first kappa shape index (κ1) is 12.0. The lowest BCUT2D eigenvalue weighted by Gasteiger charge is -2.47. The maximum atomic E-state index is 2.54. The molecule has 0 saturated heterocycles. The van der Waals surface area contributed by atoms with Gasteiger partial charge in [0, 0.05) is 0 Å². The minimum absolute atomic E-state index is 0.505. The van der Waals surface area contributed by atoms with E-state index in [1.165, 1.54) is 32.1 Å². The molecule has 1 fully saturated rings. The molecule has 16 heavy (non-hydrogen) atoms. The zero-order valence-corrected chi connectivity index (χ0v) is 11.3. The summed E-state index contributed by atoms with van der Waals surface area (Å²) in [5, 5.41) is 0. The molecule has 90 valence electrons. The predicted octanol–water partition coefficient (Wildman–Crippen LogP) is 5.12. The van der Waals surface area contributed by atoms with Crippen LogP contribution in [0.4, 0.5) is 0 Å². The lowest BCUT2D eigenvalue weighted by molar-refractivity contribution is 0.151. The highest BCUT2D eigenvalue weighted by atomic mass is 14.5. The molecule has 2 rings (SSSR count). The summed E-state index contributed by atoms with van der Waals surface area (Å²) in [6.07, 6.45) is 11.7. The van der Waals surface area contributed by atoms with E-state index in [2.05, 4.69) is 39.8 Å². The van der Waals surface area contributed by atoms with Crippen molar-refractivity contribution in [2.45, 2.75) is 59.8 Å². The van der Waals surface area contributed by atoms with Crippen LogP contribution >= 0.6 is 0 Å². The van der Waals surface area contributed by atoms with Gasteiger partial charge in [-0.25, -0.2) is 0 Å². The molecule has 0 heterocycles. The second kappa shape index (κ2) is 4.39. The Bertz CT molecular complexity index is 321. The molecule has 0 N–H and O–H groups in total. The molecule has 0 radical (unpaired) electrons. The van der Waals surface area contributed by atoms with Crippen molar-refractivity contribution in [3.8, 4) is 0 Å². The third-order valence-corrected chi connectivity index (χ3v) is 5.34. The summed E-state index contributed by atoms with van der Waals surface area (Å²) in [5.74, 6) is 1.72. The van der Waals surface area contributed by atoms with Crippen LogP contribution in [0.15, 0.2) is 23.3 Å². The quantitative estimate of drug-likeness (QED) is 0.536. The fraction of sp³-hybridized carbons (Fsp3) is 0.750. The van der Waals surface area contributed by atoms with E-state index in [-0.39, 0.29) is 0 Å². The first-order valence-electron chi connectivity index (χ1n) is 6.90. The molecule has 0 amide bonds. The largest absolute Gasteiger partial charge is 0.0885 e. The summed E-state index contributed by atoms with van der Waals surface area (Å²) in [7, 11) is 0. The Morgan fingerprint density at radius 2 is 2.19 bits per heavy atom. The van der Waals surface area contributed by atoms with Gasteiger partial charge in [0.25, 0.3) is 0 Å². The fourth-order valence-electron chi connectivity index (χ4n) is 3.66. The normalized spacial score (nSPS) is 40.2. The monoisotopic (exact) mass is 218 g/mol. The number of rotatable bonds is 1. The van der Waals surface area contributed by atoms with Gasteiger partial charge < -0.3 is 0 Å². The Morgan fingerprint density at radius 1 is 1.44 bits per heavy atom. The lowest BCUT2D eigenvalue weighted by atomic mass is 9.57. The highest BCUT2D eigenvalue weighted by molar-refractivity contribution is 5.23. The Kier molecular flexibility index (Phi) is 3.28. The van der Waals surface area contributed by atoms with Crippen LogP contribution in [0.2, 0.25) is 0 Å². The van der Waals surface area contributed by atoms with E-state index in [0.717, 1.165) is 11.8 Å². The third-order valence-electron chi connectivity index (χ3n) is 5.34. The lowest BCUT2D eigenvalue weighted by Crippen LogP contribution is -2.36. The van der Waals surface area contributed by atoms with Crippen LogP contribution in [0, 0.1) is 17.3 Å². The van der Waals surface area contributed by atoms with Crippen molar-refractivity contribution < 1.29 is 0 Å². The molecule has 3 atom stereocenters. The molecule has 0 aromatic rings. The zero-order chi connectivity index (χ0) is 11.8. The molecule has 0 aliphatic heterocycles. The van der Waals surface area contributed by atoms with Crippen LogP contribution in [0.25, 0.3) is 0 Å². The maximum Gasteiger partial charge on any atom is -0.00850 e. The average Bonchev–Trinajstić information content (AvgIpc) is 2.29. The minimum atomic E-state index is 0.505.